The lowest BCUT2D eigenvalue weighted by Crippen LogP contribution is -2.50. The SMILES string of the molecule is CCOC(C#C[C@H](COCOC)[C@H](CO[Si](C)(C)C(C)(C)C)N(C)S(=O)(=O)c1ccc(C)cc1)OCC. The Hall–Kier alpha value is -1.29. The molecule has 0 aliphatic heterocycles. The molecular weight excluding hydrogens is 510 g/mol. The Morgan fingerprint density at radius 3 is 2.05 bits per heavy atom. The zero-order chi connectivity index (χ0) is 28.3. The van der Waals surface area contributed by atoms with Gasteiger partial charge in [0.15, 0.2) is 8.32 Å². The van der Waals surface area contributed by atoms with Gasteiger partial charge in [-0.25, -0.2) is 8.42 Å². The van der Waals surface area contributed by atoms with Crippen molar-refractivity contribution < 1.29 is 31.8 Å². The van der Waals surface area contributed by atoms with Gasteiger partial charge in [0.25, 0.3) is 0 Å². The summed E-state index contributed by atoms with van der Waals surface area (Å²) in [5.41, 5.74) is 0.981. The van der Waals surface area contributed by atoms with Crippen LogP contribution in [-0.4, -0.2) is 80.8 Å². The summed E-state index contributed by atoms with van der Waals surface area (Å²) >= 11 is 0. The molecule has 0 spiro atoms. The summed E-state index contributed by atoms with van der Waals surface area (Å²) in [4.78, 5) is 0.212. The van der Waals surface area contributed by atoms with Crippen molar-refractivity contribution >= 4 is 18.3 Å². The van der Waals surface area contributed by atoms with Gasteiger partial charge in [0.2, 0.25) is 16.3 Å². The van der Waals surface area contributed by atoms with Crippen LogP contribution in [0, 0.1) is 24.7 Å². The molecule has 1 aromatic rings. The van der Waals surface area contributed by atoms with E-state index in [1.165, 1.54) is 11.4 Å². The van der Waals surface area contributed by atoms with E-state index in [0.29, 0.717) is 13.2 Å². The summed E-state index contributed by atoms with van der Waals surface area (Å²) in [6.45, 7) is 17.6. The highest BCUT2D eigenvalue weighted by molar-refractivity contribution is 7.89. The molecule has 0 unspecified atom stereocenters. The van der Waals surface area contributed by atoms with Gasteiger partial charge in [0, 0.05) is 27.4 Å². The fraction of sp³-hybridized carbons (Fsp3) is 0.704. The second-order valence-corrected chi connectivity index (χ2v) is 17.2. The van der Waals surface area contributed by atoms with Crippen LogP contribution in [0.3, 0.4) is 0 Å². The molecule has 0 fully saturated rings. The Morgan fingerprint density at radius 1 is 1.00 bits per heavy atom. The smallest absolute Gasteiger partial charge is 0.243 e. The molecule has 37 heavy (non-hydrogen) atoms. The number of benzene rings is 1. The number of ether oxygens (including phenoxy) is 4. The predicted octanol–water partition coefficient (Wildman–Crippen LogP) is 4.65. The van der Waals surface area contributed by atoms with E-state index >= 15 is 0 Å². The van der Waals surface area contributed by atoms with Crippen LogP contribution in [0.4, 0.5) is 0 Å². The second kappa shape index (κ2) is 15.3. The van der Waals surface area contributed by atoms with Crippen molar-refractivity contribution in [3.63, 3.8) is 0 Å². The molecule has 0 aliphatic rings. The molecule has 1 rings (SSSR count). The van der Waals surface area contributed by atoms with E-state index in [-0.39, 0.29) is 29.9 Å². The number of hydrogen-bond acceptors (Lipinski definition) is 7. The van der Waals surface area contributed by atoms with Crippen molar-refractivity contribution in [2.75, 3.05) is 47.4 Å². The highest BCUT2D eigenvalue weighted by atomic mass is 32.2. The van der Waals surface area contributed by atoms with Crippen LogP contribution in [0.25, 0.3) is 0 Å². The van der Waals surface area contributed by atoms with Gasteiger partial charge in [-0.3, -0.25) is 0 Å². The third-order valence-electron chi connectivity index (χ3n) is 6.57. The van der Waals surface area contributed by atoms with Crippen LogP contribution < -0.4 is 0 Å². The lowest BCUT2D eigenvalue weighted by molar-refractivity contribution is -0.0972. The van der Waals surface area contributed by atoms with E-state index in [1.54, 1.807) is 31.3 Å². The maximum atomic E-state index is 13.7. The molecule has 0 radical (unpaired) electrons. The molecule has 10 heteroatoms. The number of nitrogens with zero attached hydrogens (tertiary/aromatic N) is 1. The first kappa shape index (κ1) is 33.7. The Kier molecular flexibility index (Phi) is 14.0. The summed E-state index contributed by atoms with van der Waals surface area (Å²) in [5, 5.41) is -0.0469. The molecule has 8 nitrogen and oxygen atoms in total. The molecule has 0 saturated carbocycles. The summed E-state index contributed by atoms with van der Waals surface area (Å²) in [5.74, 6) is 5.68. The van der Waals surface area contributed by atoms with Crippen LogP contribution in [-0.2, 0) is 33.4 Å². The van der Waals surface area contributed by atoms with E-state index in [1.807, 2.05) is 20.8 Å². The average Bonchev–Trinajstić information content (AvgIpc) is 2.81. The molecule has 0 N–H and O–H groups in total. The maximum absolute atomic E-state index is 13.7. The van der Waals surface area contributed by atoms with Crippen LogP contribution >= 0.6 is 0 Å². The molecular formula is C27H47NO7SSi. The van der Waals surface area contributed by atoms with Gasteiger partial charge in [0.05, 0.1) is 30.1 Å². The number of methoxy groups -OCH3 is 1. The van der Waals surface area contributed by atoms with Crippen molar-refractivity contribution in [3.8, 4) is 11.8 Å². The zero-order valence-electron chi connectivity index (χ0n) is 24.3. The fourth-order valence-corrected chi connectivity index (χ4v) is 5.55. The monoisotopic (exact) mass is 557 g/mol. The number of rotatable bonds is 15. The van der Waals surface area contributed by atoms with Crippen molar-refractivity contribution in [1.82, 2.24) is 4.31 Å². The van der Waals surface area contributed by atoms with E-state index in [2.05, 4.69) is 45.7 Å². The van der Waals surface area contributed by atoms with Gasteiger partial charge >= 0.3 is 0 Å². The highest BCUT2D eigenvalue weighted by Gasteiger charge is 2.40. The van der Waals surface area contributed by atoms with Crippen LogP contribution in [0.5, 0.6) is 0 Å². The molecule has 0 saturated heterocycles. The van der Waals surface area contributed by atoms with Crippen LogP contribution in [0.2, 0.25) is 18.1 Å². The zero-order valence-corrected chi connectivity index (χ0v) is 26.1. The second-order valence-electron chi connectivity index (χ2n) is 10.4. The van der Waals surface area contributed by atoms with Gasteiger partial charge in [0.1, 0.15) is 6.79 Å². The Morgan fingerprint density at radius 2 is 1.57 bits per heavy atom. The number of hydrogen-bond donors (Lipinski definition) is 0. The first-order valence-electron chi connectivity index (χ1n) is 12.7. The Labute approximate surface area is 226 Å². The average molecular weight is 558 g/mol. The van der Waals surface area contributed by atoms with Gasteiger partial charge < -0.3 is 23.4 Å². The molecule has 0 bridgehead atoms. The maximum Gasteiger partial charge on any atom is 0.243 e. The Bertz CT molecular complexity index is 959. The minimum atomic E-state index is -3.84. The van der Waals surface area contributed by atoms with Gasteiger partial charge in [-0.15, -0.1) is 0 Å². The Balaban J connectivity index is 3.51. The highest BCUT2D eigenvalue weighted by Crippen LogP contribution is 2.37. The van der Waals surface area contributed by atoms with E-state index in [4.69, 9.17) is 23.4 Å². The van der Waals surface area contributed by atoms with Crippen molar-refractivity contribution in [3.05, 3.63) is 29.8 Å². The number of sulfonamides is 1. The van der Waals surface area contributed by atoms with Gasteiger partial charge in [-0.05, 0) is 57.0 Å². The molecule has 0 aromatic heterocycles. The quantitative estimate of drug-likeness (QED) is 0.134. The summed E-state index contributed by atoms with van der Waals surface area (Å²) in [6, 6.07) is 6.18. The topological polar surface area (TPSA) is 83.5 Å². The molecule has 0 aliphatic carbocycles. The van der Waals surface area contributed by atoms with Gasteiger partial charge in [-0.1, -0.05) is 44.4 Å². The molecule has 0 amide bonds. The largest absolute Gasteiger partial charge is 0.415 e. The standard InChI is InChI=1S/C27H47NO7SSi/c1-11-33-26(34-12-2)18-15-23(19-32-21-31-8)25(20-35-37(9,10)27(4,5)6)28(7)36(29,30)24-16-13-22(3)14-17-24/h13-14,16-17,23,25-26H,11-12,19-21H2,1-10H3/t23-,25+/m1/s1. The third kappa shape index (κ3) is 10.4. The molecule has 0 heterocycles. The summed E-state index contributed by atoms with van der Waals surface area (Å²) in [7, 11) is -2.93. The fourth-order valence-electron chi connectivity index (χ4n) is 3.16. The molecule has 212 valence electrons. The van der Waals surface area contributed by atoms with E-state index in [0.717, 1.165) is 5.56 Å². The van der Waals surface area contributed by atoms with Crippen molar-refractivity contribution in [2.24, 2.45) is 5.92 Å². The molecule has 1 aromatic carbocycles. The minimum absolute atomic E-state index is 0.0469. The van der Waals surface area contributed by atoms with Crippen molar-refractivity contribution in [2.45, 2.75) is 76.9 Å². The van der Waals surface area contributed by atoms with E-state index < -0.39 is 36.6 Å². The lowest BCUT2D eigenvalue weighted by Gasteiger charge is -2.39. The number of likely N-dealkylation sites (N-methyl/N-ethyl adjacent to an activating group) is 1. The lowest BCUT2D eigenvalue weighted by atomic mass is 10.0. The summed E-state index contributed by atoms with van der Waals surface area (Å²) < 4.78 is 57.2. The normalized spacial score (nSPS) is 14.5. The third-order valence-corrected chi connectivity index (χ3v) is 13.0. The van der Waals surface area contributed by atoms with Crippen LogP contribution in [0.15, 0.2) is 29.2 Å². The van der Waals surface area contributed by atoms with Gasteiger partial charge in [-0.2, -0.15) is 4.31 Å². The first-order valence-corrected chi connectivity index (χ1v) is 17.1. The number of aryl methyl sites for hydroxylation is 1. The van der Waals surface area contributed by atoms with E-state index in [9.17, 15) is 8.42 Å². The van der Waals surface area contributed by atoms with Crippen LogP contribution in [0.1, 0.15) is 40.2 Å². The molecule has 2 atom stereocenters. The summed E-state index contributed by atoms with van der Waals surface area (Å²) in [6.07, 6.45) is -0.721. The first-order chi connectivity index (χ1) is 17.2. The van der Waals surface area contributed by atoms with Crippen molar-refractivity contribution in [1.29, 1.82) is 0 Å². The predicted molar refractivity (Wildman–Crippen MR) is 149 cm³/mol. The minimum Gasteiger partial charge on any atom is -0.415 e.